The lowest BCUT2D eigenvalue weighted by Crippen LogP contribution is -2.40. The van der Waals surface area contributed by atoms with E-state index < -0.39 is 11.7 Å². The molecule has 2 aromatic heterocycles. The van der Waals surface area contributed by atoms with E-state index in [9.17, 15) is 13.2 Å². The van der Waals surface area contributed by atoms with Crippen LogP contribution in [0, 0.1) is 0 Å². The molecule has 0 aromatic carbocycles. The molecule has 7 nitrogen and oxygen atoms in total. The van der Waals surface area contributed by atoms with Crippen molar-refractivity contribution in [3.63, 3.8) is 0 Å². The summed E-state index contributed by atoms with van der Waals surface area (Å²) in [6.07, 6.45) is 1.15. The molecule has 2 aromatic rings. The number of nitrogens with zero attached hydrogens (tertiary/aromatic N) is 5. The van der Waals surface area contributed by atoms with Crippen LogP contribution in [0.25, 0.3) is 0 Å². The predicted molar refractivity (Wildman–Crippen MR) is 108 cm³/mol. The lowest BCUT2D eigenvalue weighted by atomic mass is 10.0. The van der Waals surface area contributed by atoms with Crippen LogP contribution in [0.1, 0.15) is 30.4 Å². The molecule has 3 heterocycles. The highest BCUT2D eigenvalue weighted by Gasteiger charge is 2.32. The van der Waals surface area contributed by atoms with Crippen molar-refractivity contribution < 1.29 is 17.9 Å². The Hall–Kier alpha value is -2.49. The number of rotatable bonds is 6. The molecule has 11 heteroatoms. The highest BCUT2D eigenvalue weighted by Crippen LogP contribution is 2.33. The topological polar surface area (TPSA) is 67.6 Å². The largest absolute Gasteiger partial charge is 0.475 e. The van der Waals surface area contributed by atoms with E-state index in [1.807, 2.05) is 26.4 Å². The number of ether oxygens (including phenoxy) is 1. The van der Waals surface area contributed by atoms with Crippen molar-refractivity contribution in [2.45, 2.75) is 25.4 Å². The molecule has 30 heavy (non-hydrogen) atoms. The van der Waals surface area contributed by atoms with E-state index in [2.05, 4.69) is 25.3 Å². The fraction of sp³-hybridized carbons (Fsp3) is 0.526. The van der Waals surface area contributed by atoms with Gasteiger partial charge >= 0.3 is 6.18 Å². The van der Waals surface area contributed by atoms with Crippen LogP contribution in [0.4, 0.5) is 13.2 Å². The quantitative estimate of drug-likeness (QED) is 0.420. The van der Waals surface area contributed by atoms with Crippen molar-refractivity contribution in [1.29, 1.82) is 0 Å². The van der Waals surface area contributed by atoms with Gasteiger partial charge in [-0.05, 0) is 25.0 Å². The zero-order chi connectivity index (χ0) is 21.7. The Balaban J connectivity index is 1.55. The number of hydrogen-bond acceptors (Lipinski definition) is 4. The number of aromatic nitrogens is 3. The van der Waals surface area contributed by atoms with E-state index in [4.69, 9.17) is 16.3 Å². The molecule has 0 spiro atoms. The van der Waals surface area contributed by atoms with Crippen molar-refractivity contribution in [2.24, 2.45) is 12.0 Å². The summed E-state index contributed by atoms with van der Waals surface area (Å²) in [5.74, 6) is 1.13. The first-order valence-corrected chi connectivity index (χ1v) is 10.0. The molecule has 3 rings (SSSR count). The zero-order valence-corrected chi connectivity index (χ0v) is 17.5. The van der Waals surface area contributed by atoms with E-state index in [0.717, 1.165) is 38.1 Å². The Bertz CT molecular complexity index is 885. The molecule has 0 bridgehead atoms. The average Bonchev–Trinajstić information content (AvgIpc) is 3.33. The van der Waals surface area contributed by atoms with Gasteiger partial charge in [0.15, 0.2) is 5.96 Å². The number of aliphatic imine (C=N–C) groups is 1. The molecule has 1 saturated heterocycles. The van der Waals surface area contributed by atoms with Gasteiger partial charge in [0.25, 0.3) is 0 Å². The van der Waals surface area contributed by atoms with Gasteiger partial charge in [0.1, 0.15) is 11.6 Å². The summed E-state index contributed by atoms with van der Waals surface area (Å²) in [4.78, 5) is 10.4. The van der Waals surface area contributed by atoms with Crippen LogP contribution in [0.15, 0.2) is 29.6 Å². The number of aryl methyl sites for hydroxylation is 1. The van der Waals surface area contributed by atoms with Gasteiger partial charge in [-0.2, -0.15) is 18.3 Å². The molecule has 0 radical (unpaired) electrons. The van der Waals surface area contributed by atoms with Gasteiger partial charge in [0.2, 0.25) is 5.88 Å². The molecule has 1 aliphatic rings. The first kappa shape index (κ1) is 22.2. The number of guanidine groups is 1. The van der Waals surface area contributed by atoms with Gasteiger partial charge in [0.05, 0.1) is 18.3 Å². The third-order valence-electron chi connectivity index (χ3n) is 4.75. The molecule has 1 fully saturated rings. The van der Waals surface area contributed by atoms with E-state index in [-0.39, 0.29) is 17.5 Å². The van der Waals surface area contributed by atoms with Crippen LogP contribution >= 0.6 is 11.6 Å². The van der Waals surface area contributed by atoms with Gasteiger partial charge in [-0.3, -0.25) is 4.68 Å². The molecule has 1 atom stereocenters. The number of pyridine rings is 1. The minimum atomic E-state index is -4.50. The summed E-state index contributed by atoms with van der Waals surface area (Å²) in [6, 6.07) is 0.806. The maximum atomic E-state index is 12.7. The Kier molecular flexibility index (Phi) is 7.06. The van der Waals surface area contributed by atoms with Crippen molar-refractivity contribution in [2.75, 3.05) is 32.8 Å². The minimum Gasteiger partial charge on any atom is -0.475 e. The van der Waals surface area contributed by atoms with Gasteiger partial charge in [0, 0.05) is 45.0 Å². The molecule has 1 N–H and O–H groups in total. The second kappa shape index (κ2) is 9.55. The van der Waals surface area contributed by atoms with E-state index >= 15 is 0 Å². The van der Waals surface area contributed by atoms with Gasteiger partial charge in [-0.25, -0.2) is 9.98 Å². The number of halogens is 4. The molecular formula is C19H24ClF3N6O. The van der Waals surface area contributed by atoms with Gasteiger partial charge < -0.3 is 15.0 Å². The lowest BCUT2D eigenvalue weighted by molar-refractivity contribution is -0.137. The summed E-state index contributed by atoms with van der Waals surface area (Å²) in [7, 11) is 1.90. The second-order valence-corrected chi connectivity index (χ2v) is 7.38. The van der Waals surface area contributed by atoms with Gasteiger partial charge in [-0.1, -0.05) is 11.6 Å². The molecule has 0 aliphatic carbocycles. The van der Waals surface area contributed by atoms with Crippen LogP contribution in [0.2, 0.25) is 5.02 Å². The highest BCUT2D eigenvalue weighted by atomic mass is 35.5. The van der Waals surface area contributed by atoms with Crippen molar-refractivity contribution in [1.82, 2.24) is 25.0 Å². The van der Waals surface area contributed by atoms with Crippen LogP contribution in [0.3, 0.4) is 0 Å². The predicted octanol–water partition coefficient (Wildman–Crippen LogP) is 3.32. The number of hydrogen-bond donors (Lipinski definition) is 1. The highest BCUT2D eigenvalue weighted by molar-refractivity contribution is 6.31. The third-order valence-corrected chi connectivity index (χ3v) is 5.02. The minimum absolute atomic E-state index is 0.0392. The van der Waals surface area contributed by atoms with Crippen LogP contribution < -0.4 is 10.1 Å². The van der Waals surface area contributed by atoms with Crippen LogP contribution in [0.5, 0.6) is 5.88 Å². The van der Waals surface area contributed by atoms with Crippen LogP contribution in [-0.4, -0.2) is 58.4 Å². The van der Waals surface area contributed by atoms with Crippen molar-refractivity contribution in [3.8, 4) is 5.88 Å². The number of nitrogens with one attached hydrogen (secondary N) is 1. The number of likely N-dealkylation sites (tertiary alicyclic amines) is 1. The Morgan fingerprint density at radius 1 is 1.40 bits per heavy atom. The summed E-state index contributed by atoms with van der Waals surface area (Å²) in [5, 5.41) is 7.33. The van der Waals surface area contributed by atoms with Crippen molar-refractivity contribution in [3.05, 3.63) is 40.8 Å². The maximum Gasteiger partial charge on any atom is 0.417 e. The molecule has 1 aliphatic heterocycles. The van der Waals surface area contributed by atoms with E-state index in [0.29, 0.717) is 18.7 Å². The first-order valence-electron chi connectivity index (χ1n) is 9.65. The standard InChI is InChI=1S/C19H24ClF3N6O/c1-3-24-18(29-6-4-13(12-29)14-9-27-28(2)11-14)25-5-7-30-17-16(20)8-15(10-26-17)19(21,22)23/h8-11,13H,3-7,12H2,1-2H3,(H,24,25). The molecule has 0 saturated carbocycles. The first-order chi connectivity index (χ1) is 14.3. The average molecular weight is 445 g/mol. The molecule has 164 valence electrons. The monoisotopic (exact) mass is 444 g/mol. The molecule has 0 amide bonds. The summed E-state index contributed by atoms with van der Waals surface area (Å²) in [6.45, 7) is 4.89. The smallest absolute Gasteiger partial charge is 0.417 e. The zero-order valence-electron chi connectivity index (χ0n) is 16.8. The normalized spacial score (nSPS) is 17.5. The van der Waals surface area contributed by atoms with E-state index in [1.165, 1.54) is 5.56 Å². The van der Waals surface area contributed by atoms with Crippen molar-refractivity contribution >= 4 is 17.6 Å². The second-order valence-electron chi connectivity index (χ2n) is 6.97. The molecule has 1 unspecified atom stereocenters. The Morgan fingerprint density at radius 3 is 2.83 bits per heavy atom. The Labute approximate surface area is 177 Å². The SMILES string of the molecule is CCNC(=NCCOc1ncc(C(F)(F)F)cc1Cl)N1CCC(c2cnn(C)c2)C1. The summed E-state index contributed by atoms with van der Waals surface area (Å²) in [5.41, 5.74) is 0.298. The van der Waals surface area contributed by atoms with Gasteiger partial charge in [-0.15, -0.1) is 0 Å². The summed E-state index contributed by atoms with van der Waals surface area (Å²) < 4.78 is 45.3. The maximum absolute atomic E-state index is 12.7. The number of alkyl halides is 3. The lowest BCUT2D eigenvalue weighted by Gasteiger charge is -2.21. The fourth-order valence-electron chi connectivity index (χ4n) is 3.28. The Morgan fingerprint density at radius 2 is 2.20 bits per heavy atom. The van der Waals surface area contributed by atoms with Crippen LogP contribution in [-0.2, 0) is 13.2 Å². The summed E-state index contributed by atoms with van der Waals surface area (Å²) >= 11 is 5.86. The van der Waals surface area contributed by atoms with E-state index in [1.54, 1.807) is 4.68 Å². The third kappa shape index (κ3) is 5.56. The fourth-order valence-corrected chi connectivity index (χ4v) is 3.50. The molecular weight excluding hydrogens is 421 g/mol.